The van der Waals surface area contributed by atoms with E-state index in [1.54, 1.807) is 0 Å². The predicted molar refractivity (Wildman–Crippen MR) is 62.3 cm³/mol. The second-order valence-electron chi connectivity index (χ2n) is 3.59. The summed E-state index contributed by atoms with van der Waals surface area (Å²) >= 11 is 4.98. The van der Waals surface area contributed by atoms with E-state index in [4.69, 9.17) is 27.4 Å². The third-order valence-corrected chi connectivity index (χ3v) is 2.59. The predicted octanol–water partition coefficient (Wildman–Crippen LogP) is 1.41. The highest BCUT2D eigenvalue weighted by Gasteiger charge is 2.22. The van der Waals surface area contributed by atoms with Crippen LogP contribution in [-0.4, -0.2) is 24.3 Å². The summed E-state index contributed by atoms with van der Waals surface area (Å²) in [5.74, 6) is 0.790. The van der Waals surface area contributed by atoms with E-state index >= 15 is 0 Å². The van der Waals surface area contributed by atoms with Crippen molar-refractivity contribution in [1.82, 2.24) is 0 Å². The molecule has 2 rings (SSSR count). The Labute approximate surface area is 94.2 Å². The summed E-state index contributed by atoms with van der Waals surface area (Å²) in [7, 11) is 0. The number of nitrogens with two attached hydrogens (primary N) is 1. The van der Waals surface area contributed by atoms with Gasteiger partial charge in [-0.25, -0.2) is 0 Å². The standard InChI is InChI=1S/C11H13NO2S/c1-7-3-2-4-9(11(12)15)10(7)14-8-5-13-6-8/h2-4,8H,5-6H2,1H3,(H2,12,15). The third kappa shape index (κ3) is 2.11. The van der Waals surface area contributed by atoms with Crippen molar-refractivity contribution in [2.24, 2.45) is 5.73 Å². The summed E-state index contributed by atoms with van der Waals surface area (Å²) in [4.78, 5) is 0.369. The molecule has 3 nitrogen and oxygen atoms in total. The Morgan fingerprint density at radius 1 is 1.53 bits per heavy atom. The zero-order chi connectivity index (χ0) is 10.8. The van der Waals surface area contributed by atoms with E-state index in [1.165, 1.54) is 0 Å². The lowest BCUT2D eigenvalue weighted by Gasteiger charge is -2.28. The summed E-state index contributed by atoms with van der Waals surface area (Å²) in [6.07, 6.45) is 0.138. The smallest absolute Gasteiger partial charge is 0.145 e. The zero-order valence-corrected chi connectivity index (χ0v) is 9.34. The Morgan fingerprint density at radius 2 is 2.27 bits per heavy atom. The summed E-state index contributed by atoms with van der Waals surface area (Å²) in [5, 5.41) is 0. The van der Waals surface area contributed by atoms with Gasteiger partial charge in [0.25, 0.3) is 0 Å². The molecule has 0 aromatic heterocycles. The van der Waals surface area contributed by atoms with E-state index in [9.17, 15) is 0 Å². The van der Waals surface area contributed by atoms with E-state index in [1.807, 2.05) is 25.1 Å². The van der Waals surface area contributed by atoms with Gasteiger partial charge in [0.2, 0.25) is 0 Å². The van der Waals surface area contributed by atoms with E-state index in [0.29, 0.717) is 18.2 Å². The van der Waals surface area contributed by atoms with Crippen LogP contribution < -0.4 is 10.5 Å². The molecular formula is C11H13NO2S. The van der Waals surface area contributed by atoms with Gasteiger partial charge in [0, 0.05) is 0 Å². The number of para-hydroxylation sites is 1. The van der Waals surface area contributed by atoms with Crippen LogP contribution in [0.2, 0.25) is 0 Å². The molecule has 1 aromatic rings. The fraction of sp³-hybridized carbons (Fsp3) is 0.364. The van der Waals surface area contributed by atoms with Crippen molar-refractivity contribution in [3.63, 3.8) is 0 Å². The molecule has 0 saturated carbocycles. The molecular weight excluding hydrogens is 210 g/mol. The highest BCUT2D eigenvalue weighted by molar-refractivity contribution is 7.80. The first-order valence-corrected chi connectivity index (χ1v) is 5.23. The number of aryl methyl sites for hydroxylation is 1. The van der Waals surface area contributed by atoms with Crippen molar-refractivity contribution in [2.75, 3.05) is 13.2 Å². The lowest BCUT2D eigenvalue weighted by molar-refractivity contribution is -0.0799. The van der Waals surface area contributed by atoms with Crippen LogP contribution in [0.5, 0.6) is 5.75 Å². The fourth-order valence-corrected chi connectivity index (χ4v) is 1.61. The Morgan fingerprint density at radius 3 is 2.80 bits per heavy atom. The molecule has 4 heteroatoms. The van der Waals surface area contributed by atoms with E-state index in [0.717, 1.165) is 16.9 Å². The molecule has 1 aliphatic heterocycles. The van der Waals surface area contributed by atoms with Gasteiger partial charge in [-0.2, -0.15) is 0 Å². The van der Waals surface area contributed by atoms with Crippen molar-refractivity contribution in [2.45, 2.75) is 13.0 Å². The highest BCUT2D eigenvalue weighted by atomic mass is 32.1. The molecule has 0 aliphatic carbocycles. The van der Waals surface area contributed by atoms with Crippen molar-refractivity contribution >= 4 is 17.2 Å². The molecule has 1 aliphatic rings. The fourth-order valence-electron chi connectivity index (χ4n) is 1.45. The molecule has 0 spiro atoms. The Kier molecular flexibility index (Phi) is 2.88. The minimum Gasteiger partial charge on any atom is -0.485 e. The van der Waals surface area contributed by atoms with Crippen molar-refractivity contribution in [1.29, 1.82) is 0 Å². The number of benzene rings is 1. The first-order valence-electron chi connectivity index (χ1n) is 4.82. The lowest BCUT2D eigenvalue weighted by Crippen LogP contribution is -2.39. The Hall–Kier alpha value is -1.13. The lowest BCUT2D eigenvalue weighted by atomic mass is 10.1. The average molecular weight is 223 g/mol. The molecule has 0 amide bonds. The molecule has 1 fully saturated rings. The summed E-state index contributed by atoms with van der Waals surface area (Å²) in [6.45, 7) is 3.27. The van der Waals surface area contributed by atoms with Crippen molar-refractivity contribution in [3.8, 4) is 5.75 Å². The van der Waals surface area contributed by atoms with Gasteiger partial charge in [-0.1, -0.05) is 24.4 Å². The first-order chi connectivity index (χ1) is 7.18. The summed E-state index contributed by atoms with van der Waals surface area (Å²) < 4.78 is 10.8. The number of hydrogen-bond donors (Lipinski definition) is 1. The van der Waals surface area contributed by atoms with E-state index in [2.05, 4.69) is 0 Å². The van der Waals surface area contributed by atoms with Gasteiger partial charge in [0.1, 0.15) is 16.8 Å². The first kappa shape index (κ1) is 10.4. The second-order valence-corrected chi connectivity index (χ2v) is 4.03. The van der Waals surface area contributed by atoms with Crippen LogP contribution in [0.1, 0.15) is 11.1 Å². The van der Waals surface area contributed by atoms with Gasteiger partial charge in [0.05, 0.1) is 18.8 Å². The van der Waals surface area contributed by atoms with Gasteiger partial charge in [-0.15, -0.1) is 0 Å². The van der Waals surface area contributed by atoms with Crippen LogP contribution in [-0.2, 0) is 4.74 Å². The SMILES string of the molecule is Cc1cccc(C(N)=S)c1OC1COC1. The van der Waals surface area contributed by atoms with Crippen LogP contribution in [0.4, 0.5) is 0 Å². The Bertz CT molecular complexity index is 388. The van der Waals surface area contributed by atoms with Gasteiger partial charge >= 0.3 is 0 Å². The number of ether oxygens (including phenoxy) is 2. The molecule has 0 bridgehead atoms. The highest BCUT2D eigenvalue weighted by Crippen LogP contribution is 2.25. The summed E-state index contributed by atoms with van der Waals surface area (Å²) in [5.41, 5.74) is 7.49. The van der Waals surface area contributed by atoms with Crippen molar-refractivity contribution in [3.05, 3.63) is 29.3 Å². The quantitative estimate of drug-likeness (QED) is 0.787. The minimum atomic E-state index is 0.138. The van der Waals surface area contributed by atoms with E-state index in [-0.39, 0.29) is 6.10 Å². The molecule has 0 atom stereocenters. The molecule has 0 unspecified atom stereocenters. The molecule has 15 heavy (non-hydrogen) atoms. The molecule has 1 saturated heterocycles. The molecule has 80 valence electrons. The number of hydrogen-bond acceptors (Lipinski definition) is 3. The van der Waals surface area contributed by atoms with Crippen LogP contribution in [0.3, 0.4) is 0 Å². The van der Waals surface area contributed by atoms with Crippen LogP contribution in [0.15, 0.2) is 18.2 Å². The largest absolute Gasteiger partial charge is 0.485 e. The molecule has 1 heterocycles. The topological polar surface area (TPSA) is 44.5 Å². The monoisotopic (exact) mass is 223 g/mol. The maximum Gasteiger partial charge on any atom is 0.145 e. The number of rotatable bonds is 3. The summed E-state index contributed by atoms with van der Waals surface area (Å²) in [6, 6.07) is 5.79. The van der Waals surface area contributed by atoms with Gasteiger partial charge in [0.15, 0.2) is 0 Å². The zero-order valence-electron chi connectivity index (χ0n) is 8.53. The third-order valence-electron chi connectivity index (χ3n) is 2.37. The van der Waals surface area contributed by atoms with Gasteiger partial charge < -0.3 is 15.2 Å². The second kappa shape index (κ2) is 4.16. The van der Waals surface area contributed by atoms with Crippen LogP contribution >= 0.6 is 12.2 Å². The average Bonchev–Trinajstić information content (AvgIpc) is 2.12. The maximum atomic E-state index is 5.78. The van der Waals surface area contributed by atoms with Gasteiger partial charge in [-0.3, -0.25) is 0 Å². The van der Waals surface area contributed by atoms with Crippen LogP contribution in [0.25, 0.3) is 0 Å². The molecule has 2 N–H and O–H groups in total. The van der Waals surface area contributed by atoms with Crippen molar-refractivity contribution < 1.29 is 9.47 Å². The van der Waals surface area contributed by atoms with Gasteiger partial charge in [-0.05, 0) is 18.6 Å². The van der Waals surface area contributed by atoms with E-state index < -0.39 is 0 Å². The molecule has 0 radical (unpaired) electrons. The van der Waals surface area contributed by atoms with Crippen LogP contribution in [0, 0.1) is 6.92 Å². The Balaban J connectivity index is 2.29. The minimum absolute atomic E-state index is 0.138. The normalized spacial score (nSPS) is 15.8. The molecule has 1 aromatic carbocycles. The maximum absolute atomic E-state index is 5.78. The number of thiocarbonyl (C=S) groups is 1.